The Bertz CT molecular complexity index is 322. The standard InChI is InChI=1S/C12H20F3NO2/c1-10(2,3)9(17)16-7-4-5-11(18,6-8-16)12(13,14)15/h18H,4-8H2,1-3H3. The van der Waals surface area contributed by atoms with Gasteiger partial charge in [-0.1, -0.05) is 20.8 Å². The Morgan fingerprint density at radius 3 is 2.17 bits per heavy atom. The van der Waals surface area contributed by atoms with E-state index >= 15 is 0 Å². The summed E-state index contributed by atoms with van der Waals surface area (Å²) in [6.45, 7) is 5.42. The predicted octanol–water partition coefficient (Wildman–Crippen LogP) is 2.34. The lowest BCUT2D eigenvalue weighted by Gasteiger charge is -2.30. The molecule has 0 saturated carbocycles. The van der Waals surface area contributed by atoms with Crippen LogP contribution in [0.15, 0.2) is 0 Å². The van der Waals surface area contributed by atoms with Crippen molar-refractivity contribution in [2.45, 2.75) is 51.8 Å². The van der Waals surface area contributed by atoms with Gasteiger partial charge >= 0.3 is 6.18 Å². The lowest BCUT2D eigenvalue weighted by Crippen LogP contribution is -2.46. The minimum Gasteiger partial charge on any atom is -0.380 e. The maximum absolute atomic E-state index is 12.7. The largest absolute Gasteiger partial charge is 0.417 e. The van der Waals surface area contributed by atoms with Gasteiger partial charge in [-0.25, -0.2) is 0 Å². The number of aliphatic hydroxyl groups is 1. The normalized spacial score (nSPS) is 26.9. The van der Waals surface area contributed by atoms with Gasteiger partial charge in [0.05, 0.1) is 0 Å². The molecule has 0 radical (unpaired) electrons. The molecule has 1 aliphatic heterocycles. The SMILES string of the molecule is CC(C)(C)C(=O)N1CCCC(O)(C(F)(F)F)CC1. The molecule has 106 valence electrons. The fourth-order valence-corrected chi connectivity index (χ4v) is 2.08. The molecule has 1 N–H and O–H groups in total. The van der Waals surface area contributed by atoms with Gasteiger partial charge in [0.25, 0.3) is 0 Å². The molecule has 0 aliphatic carbocycles. The lowest BCUT2D eigenvalue weighted by atomic mass is 9.93. The zero-order valence-corrected chi connectivity index (χ0v) is 11.0. The van der Waals surface area contributed by atoms with E-state index in [9.17, 15) is 23.1 Å². The molecule has 0 spiro atoms. The van der Waals surface area contributed by atoms with Crippen molar-refractivity contribution >= 4 is 5.91 Å². The van der Waals surface area contributed by atoms with Crippen molar-refractivity contribution < 1.29 is 23.1 Å². The van der Waals surface area contributed by atoms with Crippen molar-refractivity contribution in [3.8, 4) is 0 Å². The first-order valence-electron chi connectivity index (χ1n) is 6.06. The van der Waals surface area contributed by atoms with Crippen LogP contribution in [0.2, 0.25) is 0 Å². The van der Waals surface area contributed by atoms with Crippen LogP contribution in [-0.2, 0) is 4.79 Å². The minimum atomic E-state index is -4.63. The molecule has 1 aliphatic rings. The third-order valence-electron chi connectivity index (χ3n) is 3.27. The number of amides is 1. The third kappa shape index (κ3) is 3.16. The van der Waals surface area contributed by atoms with Crippen LogP contribution in [0.1, 0.15) is 40.0 Å². The fourth-order valence-electron chi connectivity index (χ4n) is 2.08. The number of alkyl halides is 3. The van der Waals surface area contributed by atoms with Gasteiger partial charge in [-0.05, 0) is 12.8 Å². The van der Waals surface area contributed by atoms with Gasteiger partial charge in [-0.15, -0.1) is 0 Å². The van der Waals surface area contributed by atoms with Crippen LogP contribution in [0, 0.1) is 5.41 Å². The molecule has 0 aromatic rings. The molecule has 1 fully saturated rings. The Morgan fingerprint density at radius 2 is 1.72 bits per heavy atom. The Morgan fingerprint density at radius 1 is 1.17 bits per heavy atom. The van der Waals surface area contributed by atoms with Crippen LogP contribution in [-0.4, -0.2) is 40.8 Å². The Kier molecular flexibility index (Phi) is 4.00. The minimum absolute atomic E-state index is 0.0495. The van der Waals surface area contributed by atoms with Crippen LogP contribution in [0.25, 0.3) is 0 Å². The average Bonchev–Trinajstić information content (AvgIpc) is 2.37. The first kappa shape index (κ1) is 15.3. The van der Waals surface area contributed by atoms with E-state index in [4.69, 9.17) is 0 Å². The van der Waals surface area contributed by atoms with E-state index in [1.54, 1.807) is 20.8 Å². The first-order valence-corrected chi connectivity index (χ1v) is 6.06. The van der Waals surface area contributed by atoms with Crippen molar-refractivity contribution in [2.75, 3.05) is 13.1 Å². The van der Waals surface area contributed by atoms with E-state index in [2.05, 4.69) is 0 Å². The topological polar surface area (TPSA) is 40.5 Å². The van der Waals surface area contributed by atoms with Gasteiger partial charge in [-0.3, -0.25) is 4.79 Å². The van der Waals surface area contributed by atoms with Crippen LogP contribution in [0.3, 0.4) is 0 Å². The molecule has 6 heteroatoms. The Hall–Kier alpha value is -0.780. The summed E-state index contributed by atoms with van der Waals surface area (Å²) in [7, 11) is 0. The number of nitrogens with zero attached hydrogens (tertiary/aromatic N) is 1. The highest BCUT2D eigenvalue weighted by Crippen LogP contribution is 2.38. The van der Waals surface area contributed by atoms with Crippen molar-refractivity contribution in [3.63, 3.8) is 0 Å². The van der Waals surface area contributed by atoms with Crippen molar-refractivity contribution in [2.24, 2.45) is 5.41 Å². The molecule has 18 heavy (non-hydrogen) atoms. The summed E-state index contributed by atoms with van der Waals surface area (Å²) >= 11 is 0. The molecule has 1 amide bonds. The molecule has 1 rings (SSSR count). The van der Waals surface area contributed by atoms with Crippen LogP contribution < -0.4 is 0 Å². The van der Waals surface area contributed by atoms with Crippen molar-refractivity contribution in [1.29, 1.82) is 0 Å². The van der Waals surface area contributed by atoms with Gasteiger partial charge < -0.3 is 10.0 Å². The summed E-state index contributed by atoms with van der Waals surface area (Å²) in [6, 6.07) is 0. The Balaban J connectivity index is 2.77. The number of halogens is 3. The van der Waals surface area contributed by atoms with Gasteiger partial charge in [0.15, 0.2) is 5.60 Å². The molecule has 0 aromatic carbocycles. The number of hydrogen-bond donors (Lipinski definition) is 1. The molecular weight excluding hydrogens is 247 g/mol. The molecule has 1 atom stereocenters. The summed E-state index contributed by atoms with van der Waals surface area (Å²) in [4.78, 5) is 13.4. The van der Waals surface area contributed by atoms with E-state index in [1.165, 1.54) is 4.90 Å². The number of rotatable bonds is 0. The fraction of sp³-hybridized carbons (Fsp3) is 0.917. The monoisotopic (exact) mass is 267 g/mol. The molecule has 0 aromatic heterocycles. The second-order valence-electron chi connectivity index (χ2n) is 5.93. The van der Waals surface area contributed by atoms with Gasteiger partial charge in [-0.2, -0.15) is 13.2 Å². The number of carbonyl (C=O) groups is 1. The van der Waals surface area contributed by atoms with Crippen LogP contribution in [0.4, 0.5) is 13.2 Å². The number of hydrogen-bond acceptors (Lipinski definition) is 2. The maximum atomic E-state index is 12.7. The lowest BCUT2D eigenvalue weighted by molar-refractivity contribution is -0.263. The second-order valence-corrected chi connectivity index (χ2v) is 5.93. The summed E-state index contributed by atoms with van der Waals surface area (Å²) < 4.78 is 38.1. The maximum Gasteiger partial charge on any atom is 0.417 e. The summed E-state index contributed by atoms with van der Waals surface area (Å²) in [6.07, 6.45) is -5.26. The first-order chi connectivity index (χ1) is 7.97. The van der Waals surface area contributed by atoms with E-state index < -0.39 is 23.6 Å². The second kappa shape index (κ2) is 4.72. The molecule has 1 unspecified atom stereocenters. The predicted molar refractivity (Wildman–Crippen MR) is 60.9 cm³/mol. The number of carbonyl (C=O) groups excluding carboxylic acids is 1. The summed E-state index contributed by atoms with van der Waals surface area (Å²) in [5.41, 5.74) is -3.26. The van der Waals surface area contributed by atoms with Crippen molar-refractivity contribution in [1.82, 2.24) is 4.90 Å². The highest BCUT2D eigenvalue weighted by atomic mass is 19.4. The van der Waals surface area contributed by atoms with Gasteiger partial charge in [0.1, 0.15) is 0 Å². The zero-order chi connectivity index (χ0) is 14.2. The zero-order valence-electron chi connectivity index (χ0n) is 11.0. The van der Waals surface area contributed by atoms with Gasteiger partial charge in [0, 0.05) is 24.9 Å². The van der Waals surface area contributed by atoms with Crippen molar-refractivity contribution in [3.05, 3.63) is 0 Å². The van der Waals surface area contributed by atoms with Crippen LogP contribution in [0.5, 0.6) is 0 Å². The van der Waals surface area contributed by atoms with Crippen LogP contribution >= 0.6 is 0 Å². The molecule has 0 bridgehead atoms. The van der Waals surface area contributed by atoms with E-state index in [0.29, 0.717) is 0 Å². The average molecular weight is 267 g/mol. The highest BCUT2D eigenvalue weighted by molar-refractivity contribution is 5.81. The van der Waals surface area contributed by atoms with E-state index in [0.717, 1.165) is 0 Å². The molecular formula is C12H20F3NO2. The van der Waals surface area contributed by atoms with E-state index in [1.807, 2.05) is 0 Å². The van der Waals surface area contributed by atoms with E-state index in [-0.39, 0.29) is 31.8 Å². The summed E-state index contributed by atoms with van der Waals surface area (Å²) in [5, 5.41) is 9.63. The molecule has 1 heterocycles. The molecule has 3 nitrogen and oxygen atoms in total. The highest BCUT2D eigenvalue weighted by Gasteiger charge is 2.53. The van der Waals surface area contributed by atoms with Gasteiger partial charge in [0.2, 0.25) is 5.91 Å². The smallest absolute Gasteiger partial charge is 0.380 e. The molecule has 1 saturated heterocycles. The quantitative estimate of drug-likeness (QED) is 0.732. The number of likely N-dealkylation sites (tertiary alicyclic amines) is 1. The Labute approximate surface area is 105 Å². The third-order valence-corrected chi connectivity index (χ3v) is 3.27. The summed E-state index contributed by atoms with van der Waals surface area (Å²) in [5.74, 6) is -0.172.